The summed E-state index contributed by atoms with van der Waals surface area (Å²) < 4.78 is 55.0. The van der Waals surface area contributed by atoms with Gasteiger partial charge in [-0.2, -0.15) is 12.7 Å². The number of benzene rings is 2. The number of ether oxygens (including phenoxy) is 2. The van der Waals surface area contributed by atoms with E-state index < -0.39 is 57.5 Å². The Morgan fingerprint density at radius 2 is 1.85 bits per heavy atom. The number of methoxy groups -OCH3 is 1. The fourth-order valence-corrected chi connectivity index (χ4v) is 9.41. The number of aryl methyl sites for hydroxylation is 1. The predicted octanol–water partition coefficient (Wildman–Crippen LogP) is 6.08. The SMILES string of the molecule is COc1ccc2c(O[C@@H]3C[C@H]4C(=O)N[C@]5(C(=O)NS(=O)(=O)N(C)C)C[C@H]5/C=C\CCCCC[C@H](Nc5ccc(F)cc5)C(=O)N4C3)cc(-c3nc(C(C)C)cs3)nc2c1C. The number of carbonyl (C=O) groups is 3. The summed E-state index contributed by atoms with van der Waals surface area (Å²) in [5, 5.41) is 9.63. The summed E-state index contributed by atoms with van der Waals surface area (Å²) in [6.45, 7) is 6.09. The van der Waals surface area contributed by atoms with Crippen molar-refractivity contribution in [2.45, 2.75) is 95.4 Å². The van der Waals surface area contributed by atoms with Gasteiger partial charge in [0.25, 0.3) is 5.91 Å². The van der Waals surface area contributed by atoms with Crippen molar-refractivity contribution < 1.29 is 36.7 Å². The zero-order valence-electron chi connectivity index (χ0n) is 34.7. The maximum Gasteiger partial charge on any atom is 0.303 e. The number of fused-ring (bicyclic) bond motifs is 3. The van der Waals surface area contributed by atoms with E-state index in [1.807, 2.05) is 42.7 Å². The average Bonchev–Trinajstić information content (AvgIpc) is 3.49. The molecule has 3 amide bonds. The van der Waals surface area contributed by atoms with Gasteiger partial charge in [-0.3, -0.25) is 14.4 Å². The standard InChI is InChI=1S/C43H52FN7O7S2/c1-25(2)34-24-59-40(47-34)33-21-37(31-18-19-36(57-6)26(3)38(31)46-33)58-30-20-35-39(52)48-43(42(54)49-60(55,56)50(4)5)22-27(43)12-10-8-7-9-11-13-32(41(53)51(35)23-30)45-29-16-14-28(44)15-17-29/h10,12,14-19,21,24-25,27,30,32,35,45H,7-9,11,13,20,22-23H2,1-6H3,(H,48,52)(H,49,54)/b12-10-/t27-,30-,32+,35+,43-/m1/s1. The first-order valence-electron chi connectivity index (χ1n) is 20.3. The number of pyridine rings is 1. The van der Waals surface area contributed by atoms with Crippen molar-refractivity contribution in [3.63, 3.8) is 0 Å². The van der Waals surface area contributed by atoms with Crippen molar-refractivity contribution in [2.75, 3.05) is 33.1 Å². The number of anilines is 1. The topological polar surface area (TPSA) is 172 Å². The number of rotatable bonds is 10. The molecule has 0 unspecified atom stereocenters. The van der Waals surface area contributed by atoms with Gasteiger partial charge in [0, 0.05) is 54.5 Å². The molecule has 3 aliphatic rings. The number of allylic oxidation sites excluding steroid dienone is 1. The zero-order valence-corrected chi connectivity index (χ0v) is 36.3. The quantitative estimate of drug-likeness (QED) is 0.159. The Labute approximate surface area is 354 Å². The third-order valence-electron chi connectivity index (χ3n) is 11.5. The van der Waals surface area contributed by atoms with Crippen LogP contribution in [0.4, 0.5) is 10.1 Å². The summed E-state index contributed by atoms with van der Waals surface area (Å²) in [4.78, 5) is 54.6. The molecule has 2 aliphatic heterocycles. The maximum atomic E-state index is 14.8. The van der Waals surface area contributed by atoms with Gasteiger partial charge in [-0.25, -0.2) is 19.1 Å². The Hall–Kier alpha value is -5.13. The molecule has 3 N–H and O–H groups in total. The van der Waals surface area contributed by atoms with Gasteiger partial charge in [0.1, 0.15) is 51.7 Å². The van der Waals surface area contributed by atoms with Crippen LogP contribution in [0.2, 0.25) is 0 Å². The van der Waals surface area contributed by atoms with E-state index in [1.54, 1.807) is 19.2 Å². The third-order valence-corrected chi connectivity index (χ3v) is 13.8. The minimum Gasteiger partial charge on any atom is -0.496 e. The molecule has 0 bridgehead atoms. The van der Waals surface area contributed by atoms with E-state index >= 15 is 0 Å². The number of hydrogen-bond donors (Lipinski definition) is 3. The van der Waals surface area contributed by atoms with E-state index in [0.717, 1.165) is 28.4 Å². The fourth-order valence-electron chi connectivity index (χ4n) is 7.87. The van der Waals surface area contributed by atoms with E-state index in [-0.39, 0.29) is 31.2 Å². The minimum absolute atomic E-state index is 0.0269. The first-order valence-corrected chi connectivity index (χ1v) is 22.6. The van der Waals surface area contributed by atoms with Crippen LogP contribution in [0, 0.1) is 18.7 Å². The lowest BCUT2D eigenvalue weighted by Gasteiger charge is -2.30. The number of carbonyl (C=O) groups excluding carboxylic acids is 3. The third kappa shape index (κ3) is 8.98. The fraction of sp³-hybridized carbons (Fsp3) is 0.465. The van der Waals surface area contributed by atoms with Gasteiger partial charge in [0.15, 0.2) is 0 Å². The Bertz CT molecular complexity index is 2410. The van der Waals surface area contributed by atoms with E-state index in [2.05, 4.69) is 29.2 Å². The highest BCUT2D eigenvalue weighted by Crippen LogP contribution is 2.46. The van der Waals surface area contributed by atoms with Crippen molar-refractivity contribution in [1.29, 1.82) is 0 Å². The van der Waals surface area contributed by atoms with Crippen LogP contribution in [0.15, 0.2) is 60.0 Å². The van der Waals surface area contributed by atoms with Gasteiger partial charge >= 0.3 is 10.2 Å². The summed E-state index contributed by atoms with van der Waals surface area (Å²) in [5.74, 6) is -1.34. The van der Waals surface area contributed by atoms with Crippen molar-refractivity contribution in [1.82, 2.24) is 29.2 Å². The molecular formula is C43H52FN7O7S2. The van der Waals surface area contributed by atoms with Crippen LogP contribution < -0.4 is 24.8 Å². The highest BCUT2D eigenvalue weighted by molar-refractivity contribution is 7.87. The van der Waals surface area contributed by atoms with Crippen molar-refractivity contribution >= 4 is 55.9 Å². The van der Waals surface area contributed by atoms with Gasteiger partial charge in [0.05, 0.1) is 24.9 Å². The number of aromatic nitrogens is 2. The molecule has 2 aromatic heterocycles. The number of hydrogen-bond acceptors (Lipinski definition) is 11. The average molecular weight is 862 g/mol. The molecular weight excluding hydrogens is 810 g/mol. The molecule has 0 spiro atoms. The lowest BCUT2D eigenvalue weighted by molar-refractivity contribution is -0.140. The number of nitrogens with zero attached hydrogens (tertiary/aromatic N) is 4. The summed E-state index contributed by atoms with van der Waals surface area (Å²) in [5.41, 5.74) is 2.00. The first-order chi connectivity index (χ1) is 28.6. The minimum atomic E-state index is -4.18. The molecule has 1 saturated heterocycles. The molecule has 2 fully saturated rings. The van der Waals surface area contributed by atoms with E-state index in [1.165, 1.54) is 42.5 Å². The molecule has 5 atom stereocenters. The molecule has 1 saturated carbocycles. The van der Waals surface area contributed by atoms with Crippen molar-refractivity contribution in [2.24, 2.45) is 5.92 Å². The van der Waals surface area contributed by atoms with Gasteiger partial charge in [-0.15, -0.1) is 11.3 Å². The highest BCUT2D eigenvalue weighted by atomic mass is 32.2. The van der Waals surface area contributed by atoms with Gasteiger partial charge < -0.3 is 25.0 Å². The first kappa shape index (κ1) is 43.0. The predicted molar refractivity (Wildman–Crippen MR) is 229 cm³/mol. The lowest BCUT2D eigenvalue weighted by atomic mass is 10.0. The van der Waals surface area contributed by atoms with E-state index in [9.17, 15) is 27.2 Å². The largest absolute Gasteiger partial charge is 0.496 e. The van der Waals surface area contributed by atoms with Crippen LogP contribution in [0.5, 0.6) is 11.5 Å². The summed E-state index contributed by atoms with van der Waals surface area (Å²) >= 11 is 1.48. The number of thiazole rings is 1. The second-order valence-electron chi connectivity index (χ2n) is 16.3. The van der Waals surface area contributed by atoms with Crippen molar-refractivity contribution in [3.05, 3.63) is 77.1 Å². The summed E-state index contributed by atoms with van der Waals surface area (Å²) in [7, 11) is 0.0258. The number of halogens is 1. The maximum absolute atomic E-state index is 14.8. The molecule has 4 aromatic rings. The zero-order chi connectivity index (χ0) is 42.9. The Morgan fingerprint density at radius 1 is 1.08 bits per heavy atom. The smallest absolute Gasteiger partial charge is 0.303 e. The van der Waals surface area contributed by atoms with E-state index in [0.29, 0.717) is 58.1 Å². The Balaban J connectivity index is 1.26. The molecule has 320 valence electrons. The van der Waals surface area contributed by atoms with Crippen LogP contribution in [0.1, 0.15) is 76.0 Å². The van der Waals surface area contributed by atoms with Crippen LogP contribution in [-0.2, 0) is 24.6 Å². The van der Waals surface area contributed by atoms with Crippen molar-refractivity contribution in [3.8, 4) is 22.2 Å². The molecule has 0 radical (unpaired) electrons. The normalized spacial score (nSPS) is 24.2. The van der Waals surface area contributed by atoms with Gasteiger partial charge in [-0.1, -0.05) is 38.8 Å². The van der Waals surface area contributed by atoms with Crippen LogP contribution in [0.25, 0.3) is 21.6 Å². The van der Waals surface area contributed by atoms with Gasteiger partial charge in [0.2, 0.25) is 11.8 Å². The molecule has 17 heteroatoms. The lowest BCUT2D eigenvalue weighted by Crippen LogP contribution is -2.58. The molecule has 2 aromatic carbocycles. The summed E-state index contributed by atoms with van der Waals surface area (Å²) in [6, 6.07) is 9.44. The monoisotopic (exact) mass is 861 g/mol. The van der Waals surface area contributed by atoms with E-state index in [4.69, 9.17) is 19.4 Å². The van der Waals surface area contributed by atoms with Crippen LogP contribution in [-0.4, -0.2) is 96.8 Å². The number of nitrogens with one attached hydrogen (secondary N) is 3. The number of amides is 3. The second kappa shape index (κ2) is 17.5. The molecule has 14 nitrogen and oxygen atoms in total. The molecule has 1 aliphatic carbocycles. The highest BCUT2D eigenvalue weighted by Gasteiger charge is 2.61. The Morgan fingerprint density at radius 3 is 2.55 bits per heavy atom. The molecule has 4 heterocycles. The van der Waals surface area contributed by atoms with Gasteiger partial charge in [-0.05, 0) is 74.9 Å². The Kier molecular flexibility index (Phi) is 12.5. The van der Waals surface area contributed by atoms with Crippen LogP contribution in [0.3, 0.4) is 0 Å². The van der Waals surface area contributed by atoms with Crippen LogP contribution >= 0.6 is 11.3 Å². The summed E-state index contributed by atoms with van der Waals surface area (Å²) in [6.07, 6.45) is 6.85. The second-order valence-corrected chi connectivity index (χ2v) is 19.0. The molecule has 7 rings (SSSR count). The molecule has 60 heavy (non-hydrogen) atoms.